The van der Waals surface area contributed by atoms with Crippen LogP contribution in [0.1, 0.15) is 32.4 Å². The maximum Gasteiger partial charge on any atom is 0.313 e. The van der Waals surface area contributed by atoms with Gasteiger partial charge in [-0.1, -0.05) is 18.7 Å². The third-order valence-corrected chi connectivity index (χ3v) is 3.63. The Hall–Kier alpha value is -1.50. The Morgan fingerprint density at radius 3 is 2.80 bits per heavy atom. The number of rotatable bonds is 9. The van der Waals surface area contributed by atoms with E-state index in [9.17, 15) is 9.59 Å². The Morgan fingerprint density at radius 2 is 2.20 bits per heavy atom. The van der Waals surface area contributed by atoms with Gasteiger partial charge in [-0.05, 0) is 19.8 Å². The molecule has 0 aliphatic carbocycles. The van der Waals surface area contributed by atoms with Crippen LogP contribution in [-0.2, 0) is 27.3 Å². The highest BCUT2D eigenvalue weighted by atomic mass is 32.2. The van der Waals surface area contributed by atoms with Crippen molar-refractivity contribution in [1.82, 2.24) is 9.55 Å². The number of aliphatic carboxylic acids is 1. The first-order valence-electron chi connectivity index (χ1n) is 6.63. The van der Waals surface area contributed by atoms with E-state index in [1.165, 1.54) is 11.8 Å². The number of hydrogen-bond donors (Lipinski definition) is 1. The van der Waals surface area contributed by atoms with Crippen LogP contribution >= 0.6 is 11.8 Å². The van der Waals surface area contributed by atoms with E-state index in [1.807, 2.05) is 11.5 Å². The van der Waals surface area contributed by atoms with Gasteiger partial charge in [0.15, 0.2) is 5.16 Å². The van der Waals surface area contributed by atoms with Gasteiger partial charge in [0, 0.05) is 24.9 Å². The number of thioether (sulfide) groups is 1. The summed E-state index contributed by atoms with van der Waals surface area (Å²) in [5.41, 5.74) is 1.04. The van der Waals surface area contributed by atoms with Crippen LogP contribution < -0.4 is 0 Å². The first kappa shape index (κ1) is 16.6. The van der Waals surface area contributed by atoms with Gasteiger partial charge in [-0.3, -0.25) is 9.59 Å². The molecule has 0 spiro atoms. The highest BCUT2D eigenvalue weighted by Gasteiger charge is 2.11. The molecule has 0 atom stereocenters. The molecule has 0 aliphatic heterocycles. The zero-order valence-corrected chi connectivity index (χ0v) is 12.6. The Bertz CT molecular complexity index is 459. The predicted octanol–water partition coefficient (Wildman–Crippen LogP) is 1.97. The molecule has 6 nitrogen and oxygen atoms in total. The molecule has 112 valence electrons. The highest BCUT2D eigenvalue weighted by Crippen LogP contribution is 2.19. The maximum atomic E-state index is 11.3. The molecule has 1 heterocycles. The smallest absolute Gasteiger partial charge is 0.313 e. The monoisotopic (exact) mass is 300 g/mol. The number of aromatic nitrogens is 2. The number of carboxylic acids is 1. The van der Waals surface area contributed by atoms with Gasteiger partial charge < -0.3 is 14.4 Å². The van der Waals surface area contributed by atoms with E-state index in [0.717, 1.165) is 12.1 Å². The molecule has 0 unspecified atom stereocenters. The number of aryl methyl sites for hydroxylation is 1. The third kappa shape index (κ3) is 5.24. The van der Waals surface area contributed by atoms with Gasteiger partial charge in [-0.2, -0.15) is 0 Å². The SMILES string of the molecule is CCOC(=O)CCCn1c(CC)cnc1SCC(=O)O. The molecule has 1 aromatic rings. The van der Waals surface area contributed by atoms with E-state index < -0.39 is 5.97 Å². The van der Waals surface area contributed by atoms with E-state index >= 15 is 0 Å². The molecule has 0 saturated heterocycles. The number of carbonyl (C=O) groups is 2. The van der Waals surface area contributed by atoms with Crippen molar-refractivity contribution in [3.8, 4) is 0 Å². The average molecular weight is 300 g/mol. The summed E-state index contributed by atoms with van der Waals surface area (Å²) in [4.78, 5) is 26.2. The molecule has 0 bridgehead atoms. The lowest BCUT2D eigenvalue weighted by atomic mass is 10.3. The molecule has 0 radical (unpaired) electrons. The Labute approximate surface area is 122 Å². The van der Waals surface area contributed by atoms with E-state index in [4.69, 9.17) is 9.84 Å². The lowest BCUT2D eigenvalue weighted by Crippen LogP contribution is -2.09. The summed E-state index contributed by atoms with van der Waals surface area (Å²) >= 11 is 1.20. The topological polar surface area (TPSA) is 81.4 Å². The lowest BCUT2D eigenvalue weighted by Gasteiger charge is -2.10. The van der Waals surface area contributed by atoms with E-state index in [-0.39, 0.29) is 11.7 Å². The second kappa shape index (κ2) is 8.63. The second-order valence-electron chi connectivity index (χ2n) is 4.13. The Kier molecular flexibility index (Phi) is 7.14. The normalized spacial score (nSPS) is 10.5. The summed E-state index contributed by atoms with van der Waals surface area (Å²) < 4.78 is 6.86. The van der Waals surface area contributed by atoms with Crippen molar-refractivity contribution in [1.29, 1.82) is 0 Å². The van der Waals surface area contributed by atoms with Crippen molar-refractivity contribution in [2.75, 3.05) is 12.4 Å². The first-order chi connectivity index (χ1) is 9.58. The van der Waals surface area contributed by atoms with Gasteiger partial charge in [0.1, 0.15) is 0 Å². The van der Waals surface area contributed by atoms with Crippen molar-refractivity contribution >= 4 is 23.7 Å². The number of carbonyl (C=O) groups excluding carboxylic acids is 1. The summed E-state index contributed by atoms with van der Waals surface area (Å²) in [6.45, 7) is 4.84. The maximum absolute atomic E-state index is 11.3. The number of ether oxygens (including phenoxy) is 1. The quantitative estimate of drug-likeness (QED) is 0.554. The number of imidazole rings is 1. The van der Waals surface area contributed by atoms with Crippen LogP contribution in [-0.4, -0.2) is 39.0 Å². The minimum Gasteiger partial charge on any atom is -0.481 e. The molecule has 1 N–H and O–H groups in total. The minimum absolute atomic E-state index is 0.0158. The number of nitrogens with zero attached hydrogens (tertiary/aromatic N) is 2. The molecule has 1 rings (SSSR count). The summed E-state index contributed by atoms with van der Waals surface area (Å²) in [7, 11) is 0. The summed E-state index contributed by atoms with van der Waals surface area (Å²) in [6.07, 6.45) is 3.59. The van der Waals surface area contributed by atoms with E-state index in [2.05, 4.69) is 4.98 Å². The highest BCUT2D eigenvalue weighted by molar-refractivity contribution is 7.99. The lowest BCUT2D eigenvalue weighted by molar-refractivity contribution is -0.143. The van der Waals surface area contributed by atoms with Crippen LogP contribution in [0, 0.1) is 0 Å². The second-order valence-corrected chi connectivity index (χ2v) is 5.07. The molecule has 1 aromatic heterocycles. The van der Waals surface area contributed by atoms with Gasteiger partial charge in [-0.25, -0.2) is 4.98 Å². The molecule has 0 fully saturated rings. The van der Waals surface area contributed by atoms with Crippen molar-refractivity contribution in [3.05, 3.63) is 11.9 Å². The van der Waals surface area contributed by atoms with Crippen LogP contribution in [0.4, 0.5) is 0 Å². The Balaban J connectivity index is 2.59. The first-order valence-corrected chi connectivity index (χ1v) is 7.61. The zero-order chi connectivity index (χ0) is 15.0. The van der Waals surface area contributed by atoms with Crippen LogP contribution in [0.15, 0.2) is 11.4 Å². The standard InChI is InChI=1S/C13H20N2O4S/c1-3-10-8-14-13(20-9-11(16)17)15(10)7-5-6-12(18)19-4-2/h8H,3-7,9H2,1-2H3,(H,16,17). The third-order valence-electron chi connectivity index (χ3n) is 2.66. The molecular weight excluding hydrogens is 280 g/mol. The fourth-order valence-electron chi connectivity index (χ4n) is 1.77. The van der Waals surface area contributed by atoms with E-state index in [0.29, 0.717) is 31.1 Å². The van der Waals surface area contributed by atoms with Crippen LogP contribution in [0.5, 0.6) is 0 Å². The van der Waals surface area contributed by atoms with Crippen molar-refractivity contribution in [2.45, 2.75) is 44.8 Å². The van der Waals surface area contributed by atoms with E-state index in [1.54, 1.807) is 13.1 Å². The van der Waals surface area contributed by atoms with Gasteiger partial charge >= 0.3 is 11.9 Å². The number of hydrogen-bond acceptors (Lipinski definition) is 5. The molecule has 0 saturated carbocycles. The molecule has 7 heteroatoms. The van der Waals surface area contributed by atoms with Gasteiger partial charge in [0.2, 0.25) is 0 Å². The molecule has 0 aromatic carbocycles. The summed E-state index contributed by atoms with van der Waals surface area (Å²) in [5.74, 6) is -1.09. The zero-order valence-electron chi connectivity index (χ0n) is 11.8. The molecule has 20 heavy (non-hydrogen) atoms. The predicted molar refractivity (Wildman–Crippen MR) is 75.8 cm³/mol. The van der Waals surface area contributed by atoms with Crippen LogP contribution in [0.2, 0.25) is 0 Å². The molecular formula is C13H20N2O4S. The van der Waals surface area contributed by atoms with Gasteiger partial charge in [0.25, 0.3) is 0 Å². The summed E-state index contributed by atoms with van der Waals surface area (Å²) in [6, 6.07) is 0. The average Bonchev–Trinajstić information content (AvgIpc) is 2.79. The largest absolute Gasteiger partial charge is 0.481 e. The van der Waals surface area contributed by atoms with Crippen molar-refractivity contribution in [3.63, 3.8) is 0 Å². The number of esters is 1. The minimum atomic E-state index is -0.867. The van der Waals surface area contributed by atoms with Gasteiger partial charge in [0.05, 0.1) is 12.4 Å². The fraction of sp³-hybridized carbons (Fsp3) is 0.615. The molecule has 0 amide bonds. The number of carboxylic acid groups (broad SMARTS) is 1. The fourth-order valence-corrected chi connectivity index (χ4v) is 2.51. The summed E-state index contributed by atoms with van der Waals surface area (Å²) in [5, 5.41) is 9.41. The molecule has 0 aliphatic rings. The van der Waals surface area contributed by atoms with Crippen molar-refractivity contribution < 1.29 is 19.4 Å². The van der Waals surface area contributed by atoms with Crippen molar-refractivity contribution in [2.24, 2.45) is 0 Å². The van der Waals surface area contributed by atoms with Crippen LogP contribution in [0.25, 0.3) is 0 Å². The Morgan fingerprint density at radius 1 is 1.45 bits per heavy atom. The van der Waals surface area contributed by atoms with Gasteiger partial charge in [-0.15, -0.1) is 0 Å². The van der Waals surface area contributed by atoms with Crippen LogP contribution in [0.3, 0.4) is 0 Å².